The van der Waals surface area contributed by atoms with E-state index < -0.39 is 39.9 Å². The Balaban J connectivity index is 1.29. The number of fused-ring (bicyclic) bond motifs is 1. The highest BCUT2D eigenvalue weighted by molar-refractivity contribution is 7.86. The number of nitrogens with one attached hydrogen (secondary N) is 1. The summed E-state index contributed by atoms with van der Waals surface area (Å²) < 4.78 is 29.2. The molecule has 1 aromatic carbocycles. The Labute approximate surface area is 221 Å². The maximum Gasteiger partial charge on any atom is 0.281 e. The SMILES string of the molecule is CN(C1CCC(=Nc2cccc3c2C(=O)N(C2CCC(=O)NC2=O)C3=O)CC1)S(=O)(=O)N1CCC(N)CC1. The Morgan fingerprint density at radius 3 is 2.32 bits per heavy atom. The molecule has 4 aliphatic rings. The average molecular weight is 545 g/mol. The summed E-state index contributed by atoms with van der Waals surface area (Å²) in [6.45, 7) is 0.851. The molecule has 3 heterocycles. The molecular formula is C25H32N6O6S. The van der Waals surface area contributed by atoms with Crippen LogP contribution in [0.4, 0.5) is 5.69 Å². The quantitative estimate of drug-likeness (QED) is 0.516. The fourth-order valence-electron chi connectivity index (χ4n) is 5.65. The van der Waals surface area contributed by atoms with Crippen LogP contribution < -0.4 is 11.1 Å². The third-order valence-electron chi connectivity index (χ3n) is 7.96. The summed E-state index contributed by atoms with van der Waals surface area (Å²) in [5.41, 5.74) is 7.44. The zero-order valence-electron chi connectivity index (χ0n) is 21.3. The Hall–Kier alpha value is -3.00. The van der Waals surface area contributed by atoms with Crippen LogP contribution in [0, 0.1) is 0 Å². The van der Waals surface area contributed by atoms with Crippen molar-refractivity contribution in [3.05, 3.63) is 29.3 Å². The van der Waals surface area contributed by atoms with E-state index in [1.807, 2.05) is 0 Å². The second-order valence-electron chi connectivity index (χ2n) is 10.3. The van der Waals surface area contributed by atoms with E-state index in [0.717, 1.165) is 10.6 Å². The first-order chi connectivity index (χ1) is 18.1. The van der Waals surface area contributed by atoms with Crippen molar-refractivity contribution in [1.82, 2.24) is 18.8 Å². The molecule has 38 heavy (non-hydrogen) atoms. The van der Waals surface area contributed by atoms with Crippen LogP contribution in [0.2, 0.25) is 0 Å². The van der Waals surface area contributed by atoms with Crippen molar-refractivity contribution >= 4 is 45.2 Å². The molecule has 2 saturated heterocycles. The van der Waals surface area contributed by atoms with Crippen molar-refractivity contribution in [1.29, 1.82) is 0 Å². The zero-order valence-corrected chi connectivity index (χ0v) is 22.1. The van der Waals surface area contributed by atoms with Crippen LogP contribution in [0.5, 0.6) is 0 Å². The number of rotatable bonds is 5. The molecule has 3 fully saturated rings. The molecule has 1 aromatic rings. The number of hydrogen-bond donors (Lipinski definition) is 2. The van der Waals surface area contributed by atoms with Crippen LogP contribution in [-0.4, -0.2) is 89.5 Å². The molecule has 5 rings (SSSR count). The summed E-state index contributed by atoms with van der Waals surface area (Å²) in [7, 11) is -1.96. The van der Waals surface area contributed by atoms with Crippen molar-refractivity contribution in [2.75, 3.05) is 20.1 Å². The third kappa shape index (κ3) is 4.79. The first kappa shape index (κ1) is 26.6. The number of amides is 4. The number of carbonyl (C=O) groups excluding carboxylic acids is 4. The van der Waals surface area contributed by atoms with E-state index in [0.29, 0.717) is 57.3 Å². The van der Waals surface area contributed by atoms with Gasteiger partial charge in [-0.1, -0.05) is 6.07 Å². The molecule has 1 aliphatic carbocycles. The summed E-state index contributed by atoms with van der Waals surface area (Å²) >= 11 is 0. The number of piperidine rings is 2. The van der Waals surface area contributed by atoms with Gasteiger partial charge in [0.1, 0.15) is 6.04 Å². The van der Waals surface area contributed by atoms with Gasteiger partial charge >= 0.3 is 0 Å². The number of benzene rings is 1. The van der Waals surface area contributed by atoms with Crippen LogP contribution in [-0.2, 0) is 19.8 Å². The van der Waals surface area contributed by atoms with E-state index in [2.05, 4.69) is 5.32 Å². The normalized spacial score (nSPS) is 25.7. The molecule has 3 N–H and O–H groups in total. The van der Waals surface area contributed by atoms with Crippen molar-refractivity contribution in [3.8, 4) is 0 Å². The predicted octanol–water partition coefficient (Wildman–Crippen LogP) is 0.703. The highest BCUT2D eigenvalue weighted by Crippen LogP contribution is 2.35. The first-order valence-electron chi connectivity index (χ1n) is 13.0. The van der Waals surface area contributed by atoms with Gasteiger partial charge in [-0.05, 0) is 57.1 Å². The Morgan fingerprint density at radius 2 is 1.66 bits per heavy atom. The molecule has 12 nitrogen and oxygen atoms in total. The van der Waals surface area contributed by atoms with Gasteiger partial charge in [0.15, 0.2) is 0 Å². The van der Waals surface area contributed by atoms with E-state index in [9.17, 15) is 27.6 Å². The maximum absolute atomic E-state index is 13.3. The first-order valence-corrected chi connectivity index (χ1v) is 14.4. The number of imide groups is 2. The van der Waals surface area contributed by atoms with Crippen LogP contribution in [0.1, 0.15) is 72.1 Å². The predicted molar refractivity (Wildman–Crippen MR) is 138 cm³/mol. The van der Waals surface area contributed by atoms with Gasteiger partial charge in [-0.3, -0.25) is 34.4 Å². The molecule has 0 radical (unpaired) electrons. The third-order valence-corrected chi connectivity index (χ3v) is 10.0. The van der Waals surface area contributed by atoms with E-state index in [1.165, 1.54) is 14.7 Å². The highest BCUT2D eigenvalue weighted by Gasteiger charge is 2.45. The number of aliphatic imine (C=N–C) groups is 1. The zero-order chi connectivity index (χ0) is 27.2. The van der Waals surface area contributed by atoms with E-state index in [1.54, 1.807) is 19.2 Å². The van der Waals surface area contributed by atoms with Gasteiger partial charge in [0, 0.05) is 44.4 Å². The molecule has 1 atom stereocenters. The minimum absolute atomic E-state index is 0.0397. The molecule has 1 unspecified atom stereocenters. The number of hydrogen-bond acceptors (Lipinski definition) is 8. The smallest absolute Gasteiger partial charge is 0.281 e. The summed E-state index contributed by atoms with van der Waals surface area (Å²) in [6.07, 6.45) is 3.72. The Kier molecular flexibility index (Phi) is 7.20. The van der Waals surface area contributed by atoms with Crippen molar-refractivity contribution in [2.24, 2.45) is 10.7 Å². The molecule has 3 aliphatic heterocycles. The lowest BCUT2D eigenvalue weighted by Gasteiger charge is -2.37. The number of nitrogens with two attached hydrogens (primary N) is 1. The molecule has 13 heteroatoms. The standard InChI is InChI=1S/C25H32N6O6S/c1-29(38(36,37)30-13-11-15(26)12-14-30)17-7-5-16(6-8-17)27-19-4-2-3-18-22(19)25(35)31(24(18)34)20-9-10-21(32)28-23(20)33/h2-4,15,17,20H,5-14,26H2,1H3,(H,28,32,33). The monoisotopic (exact) mass is 544 g/mol. The molecule has 1 saturated carbocycles. The summed E-state index contributed by atoms with van der Waals surface area (Å²) in [6, 6.07) is 3.68. The van der Waals surface area contributed by atoms with Gasteiger partial charge in [-0.2, -0.15) is 17.0 Å². The van der Waals surface area contributed by atoms with Crippen LogP contribution >= 0.6 is 0 Å². The lowest BCUT2D eigenvalue weighted by atomic mass is 9.93. The van der Waals surface area contributed by atoms with E-state index in [4.69, 9.17) is 10.7 Å². The van der Waals surface area contributed by atoms with Crippen molar-refractivity contribution in [2.45, 2.75) is 69.5 Å². The molecule has 0 aromatic heterocycles. The van der Waals surface area contributed by atoms with Crippen molar-refractivity contribution in [3.63, 3.8) is 0 Å². The maximum atomic E-state index is 13.3. The van der Waals surface area contributed by atoms with Gasteiger partial charge in [-0.15, -0.1) is 0 Å². The Morgan fingerprint density at radius 1 is 0.974 bits per heavy atom. The summed E-state index contributed by atoms with van der Waals surface area (Å²) in [5, 5.41) is 2.19. The lowest BCUT2D eigenvalue weighted by molar-refractivity contribution is -0.136. The summed E-state index contributed by atoms with van der Waals surface area (Å²) in [5.74, 6) is -2.26. The minimum Gasteiger partial charge on any atom is -0.328 e. The van der Waals surface area contributed by atoms with Gasteiger partial charge in [-0.25, -0.2) is 0 Å². The topological polar surface area (TPSA) is 163 Å². The fraction of sp³-hybridized carbons (Fsp3) is 0.560. The fourth-order valence-corrected chi connectivity index (χ4v) is 7.27. The van der Waals surface area contributed by atoms with Gasteiger partial charge in [0.05, 0.1) is 16.8 Å². The molecule has 204 valence electrons. The van der Waals surface area contributed by atoms with Gasteiger partial charge in [0.2, 0.25) is 11.8 Å². The molecule has 0 bridgehead atoms. The minimum atomic E-state index is -3.58. The second-order valence-corrected chi connectivity index (χ2v) is 12.3. The van der Waals surface area contributed by atoms with Crippen LogP contribution in [0.3, 0.4) is 0 Å². The largest absolute Gasteiger partial charge is 0.328 e. The van der Waals surface area contributed by atoms with Crippen molar-refractivity contribution < 1.29 is 27.6 Å². The molecule has 0 spiro atoms. The highest BCUT2D eigenvalue weighted by atomic mass is 32.2. The Bertz CT molecular complexity index is 1310. The van der Waals surface area contributed by atoms with E-state index in [-0.39, 0.29) is 36.1 Å². The van der Waals surface area contributed by atoms with Gasteiger partial charge in [0.25, 0.3) is 22.0 Å². The average Bonchev–Trinajstić information content (AvgIpc) is 3.15. The molecular weight excluding hydrogens is 512 g/mol. The number of carbonyl (C=O) groups is 4. The number of nitrogens with zero attached hydrogens (tertiary/aromatic N) is 4. The molecule has 4 amide bonds. The van der Waals surface area contributed by atoms with E-state index >= 15 is 0 Å². The van der Waals surface area contributed by atoms with Crippen LogP contribution in [0.15, 0.2) is 23.2 Å². The second kappa shape index (κ2) is 10.3. The van der Waals surface area contributed by atoms with Gasteiger partial charge < -0.3 is 5.73 Å². The summed E-state index contributed by atoms with van der Waals surface area (Å²) in [4.78, 5) is 55.9. The lowest BCUT2D eigenvalue weighted by Crippen LogP contribution is -2.54. The van der Waals surface area contributed by atoms with Crippen LogP contribution in [0.25, 0.3) is 0 Å².